The Balaban J connectivity index is 1.31. The molecule has 1 saturated heterocycles. The molecular weight excluding hydrogens is 576 g/mol. The number of aliphatic carboxylic acids is 1. The first-order chi connectivity index (χ1) is 20.8. The number of aliphatic hydroxyl groups excluding tert-OH is 5. The molecule has 0 aromatic rings. The fraction of sp³-hybridized carbons (Fsp3) is 0.917. The summed E-state index contributed by atoms with van der Waals surface area (Å²) in [7, 11) is 0. The quantitative estimate of drug-likeness (QED) is 0.199. The lowest BCUT2D eigenvalue weighted by Crippen LogP contribution is -2.68. The molecule has 9 heteroatoms. The van der Waals surface area contributed by atoms with Crippen molar-refractivity contribution in [2.75, 3.05) is 6.61 Å². The van der Waals surface area contributed by atoms with Crippen LogP contribution in [-0.2, 0) is 14.3 Å². The maximum absolute atomic E-state index is 13.0. The summed E-state index contributed by atoms with van der Waals surface area (Å²) >= 11 is 0. The third-order valence-corrected chi connectivity index (χ3v) is 15.2. The van der Waals surface area contributed by atoms with Crippen molar-refractivity contribution in [1.29, 1.82) is 0 Å². The molecule has 0 unspecified atom stereocenters. The summed E-state index contributed by atoms with van der Waals surface area (Å²) in [6, 6.07) is 0. The molecule has 6 N–H and O–H groups in total. The third kappa shape index (κ3) is 4.54. The van der Waals surface area contributed by atoms with Crippen LogP contribution in [0.2, 0.25) is 0 Å². The topological polar surface area (TPSA) is 157 Å². The van der Waals surface area contributed by atoms with Gasteiger partial charge in [-0.3, -0.25) is 4.79 Å². The van der Waals surface area contributed by atoms with Crippen molar-refractivity contribution < 1.29 is 44.9 Å². The Morgan fingerprint density at radius 2 is 1.58 bits per heavy atom. The smallest absolute Gasteiger partial charge is 0.312 e. The number of carbonyl (C=O) groups is 1. The van der Waals surface area contributed by atoms with Gasteiger partial charge in [-0.25, -0.2) is 0 Å². The molecule has 256 valence electrons. The average molecular weight is 635 g/mol. The number of aliphatic hydroxyl groups is 5. The Kier molecular flexibility index (Phi) is 8.05. The Morgan fingerprint density at radius 3 is 2.22 bits per heavy atom. The first-order valence-electron chi connectivity index (χ1n) is 17.4. The van der Waals surface area contributed by atoms with E-state index < -0.39 is 54.8 Å². The van der Waals surface area contributed by atoms with E-state index in [0.717, 1.165) is 44.9 Å². The lowest BCUT2D eigenvalue weighted by atomic mass is 9.33. The van der Waals surface area contributed by atoms with Crippen molar-refractivity contribution in [3.63, 3.8) is 0 Å². The summed E-state index contributed by atoms with van der Waals surface area (Å²) in [5.74, 6) is -0.382. The van der Waals surface area contributed by atoms with Crippen molar-refractivity contribution in [2.24, 2.45) is 50.2 Å². The SMILES string of the molecule is CC1(C)CC[C@]2(C(=O)O)[C@H](O)C[C@]3(C)C(=CC[C@@H]4[C@@]5(C)CC[C@H](O[C@H]6O[C@H](CO)[C@@H](O)[C@H](O)[C@H]6O)C(C)(C)[C@@H]5CC[C@]43C)[C@@H]2C1. The van der Waals surface area contributed by atoms with Gasteiger partial charge in [-0.05, 0) is 103 Å². The van der Waals surface area contributed by atoms with Crippen molar-refractivity contribution >= 4 is 5.97 Å². The Bertz CT molecular complexity index is 1210. The molecule has 6 aliphatic rings. The van der Waals surface area contributed by atoms with Crippen molar-refractivity contribution in [1.82, 2.24) is 0 Å². The maximum Gasteiger partial charge on any atom is 0.312 e. The normalized spacial score (nSPS) is 53.6. The van der Waals surface area contributed by atoms with E-state index in [1.165, 1.54) is 5.57 Å². The van der Waals surface area contributed by atoms with Crippen LogP contribution in [-0.4, -0.2) is 86.1 Å². The largest absolute Gasteiger partial charge is 0.481 e. The Morgan fingerprint density at radius 1 is 0.889 bits per heavy atom. The minimum atomic E-state index is -1.47. The van der Waals surface area contributed by atoms with E-state index in [-0.39, 0.29) is 39.1 Å². The zero-order chi connectivity index (χ0) is 33.1. The van der Waals surface area contributed by atoms with E-state index in [0.29, 0.717) is 24.7 Å². The van der Waals surface area contributed by atoms with Crippen LogP contribution in [0.25, 0.3) is 0 Å². The fourth-order valence-corrected chi connectivity index (χ4v) is 12.3. The minimum absolute atomic E-state index is 0.0210. The molecule has 0 aromatic heterocycles. The molecule has 0 spiro atoms. The molecule has 45 heavy (non-hydrogen) atoms. The van der Waals surface area contributed by atoms with Gasteiger partial charge in [0.05, 0.1) is 18.8 Å². The highest BCUT2D eigenvalue weighted by Crippen LogP contribution is 2.76. The second-order valence-corrected chi connectivity index (χ2v) is 18.0. The van der Waals surface area contributed by atoms with Gasteiger partial charge in [-0.2, -0.15) is 0 Å². The number of allylic oxidation sites excluding steroid dienone is 2. The summed E-state index contributed by atoms with van der Waals surface area (Å²) in [5, 5.41) is 63.5. The van der Waals surface area contributed by atoms with Crippen LogP contribution in [0, 0.1) is 50.2 Å². The number of hydrogen-bond acceptors (Lipinski definition) is 8. The molecule has 5 fully saturated rings. The van der Waals surface area contributed by atoms with Crippen LogP contribution in [0.3, 0.4) is 0 Å². The predicted molar refractivity (Wildman–Crippen MR) is 167 cm³/mol. The van der Waals surface area contributed by atoms with E-state index >= 15 is 0 Å². The van der Waals surface area contributed by atoms with Crippen LogP contribution in [0.4, 0.5) is 0 Å². The minimum Gasteiger partial charge on any atom is -0.481 e. The van der Waals surface area contributed by atoms with Crippen molar-refractivity contribution in [2.45, 2.75) is 149 Å². The molecule has 5 aliphatic carbocycles. The Hall–Kier alpha value is -1.07. The van der Waals surface area contributed by atoms with Gasteiger partial charge in [0.1, 0.15) is 29.8 Å². The highest BCUT2D eigenvalue weighted by atomic mass is 16.7. The van der Waals surface area contributed by atoms with Crippen LogP contribution in [0.5, 0.6) is 0 Å². The fourth-order valence-electron chi connectivity index (χ4n) is 12.3. The van der Waals surface area contributed by atoms with E-state index in [4.69, 9.17) is 9.47 Å². The van der Waals surface area contributed by atoms with Gasteiger partial charge >= 0.3 is 5.97 Å². The number of rotatable bonds is 4. The van der Waals surface area contributed by atoms with E-state index in [1.807, 2.05) is 0 Å². The van der Waals surface area contributed by atoms with Gasteiger partial charge in [0.15, 0.2) is 6.29 Å². The first-order valence-corrected chi connectivity index (χ1v) is 17.4. The zero-order valence-electron chi connectivity index (χ0n) is 28.3. The maximum atomic E-state index is 13.0. The summed E-state index contributed by atoms with van der Waals surface area (Å²) in [5.41, 5.74) is -0.571. The standard InChI is InChI=1S/C36H58O9/c1-31(2)14-15-36(30(42)43)20(16-31)19-8-9-23-33(5)12-11-25(45-29-28(41)27(40)26(39)21(18-37)44-29)32(3,4)22(33)10-13-34(23,6)35(19,7)17-24(36)38/h8,20-29,37-41H,9-18H2,1-7H3,(H,42,43)/t20-,21+,22-,23+,24+,25-,26+,27-,28+,29+,33-,34+,35+,36+/m0/s1. The number of carboxylic acids is 1. The molecule has 14 atom stereocenters. The van der Waals surface area contributed by atoms with Gasteiger partial charge in [0.2, 0.25) is 0 Å². The second-order valence-electron chi connectivity index (χ2n) is 18.0. The van der Waals surface area contributed by atoms with Crippen LogP contribution in [0.15, 0.2) is 11.6 Å². The van der Waals surface area contributed by atoms with Gasteiger partial charge in [-0.15, -0.1) is 0 Å². The van der Waals surface area contributed by atoms with Gasteiger partial charge in [0.25, 0.3) is 0 Å². The molecule has 0 amide bonds. The van der Waals surface area contributed by atoms with Crippen LogP contribution in [0.1, 0.15) is 106 Å². The molecule has 0 bridgehead atoms. The molecule has 0 aromatic carbocycles. The first kappa shape index (κ1) is 33.8. The van der Waals surface area contributed by atoms with Crippen molar-refractivity contribution in [3.8, 4) is 0 Å². The van der Waals surface area contributed by atoms with E-state index in [2.05, 4.69) is 54.5 Å². The van der Waals surface area contributed by atoms with Gasteiger partial charge in [-0.1, -0.05) is 60.1 Å². The molecule has 1 heterocycles. The molecule has 0 radical (unpaired) electrons. The third-order valence-electron chi connectivity index (χ3n) is 15.2. The van der Waals surface area contributed by atoms with Crippen LogP contribution < -0.4 is 0 Å². The Labute approximate surface area is 268 Å². The second kappa shape index (κ2) is 10.7. The monoisotopic (exact) mass is 634 g/mol. The summed E-state index contributed by atoms with van der Waals surface area (Å²) < 4.78 is 12.2. The van der Waals surface area contributed by atoms with E-state index in [1.54, 1.807) is 0 Å². The lowest BCUT2D eigenvalue weighted by Gasteiger charge is -2.71. The molecule has 9 nitrogen and oxygen atoms in total. The highest BCUT2D eigenvalue weighted by molar-refractivity contribution is 5.77. The molecule has 4 saturated carbocycles. The van der Waals surface area contributed by atoms with Gasteiger partial charge < -0.3 is 40.1 Å². The molecule has 6 rings (SSSR count). The van der Waals surface area contributed by atoms with E-state index in [9.17, 15) is 35.4 Å². The highest BCUT2D eigenvalue weighted by Gasteiger charge is 2.71. The van der Waals surface area contributed by atoms with Gasteiger partial charge in [0, 0.05) is 0 Å². The average Bonchev–Trinajstić information content (AvgIpc) is 2.94. The lowest BCUT2D eigenvalue weighted by molar-refractivity contribution is -0.330. The number of hydrogen-bond donors (Lipinski definition) is 6. The number of carboxylic acid groups (broad SMARTS) is 1. The summed E-state index contributed by atoms with van der Waals surface area (Å²) in [6.45, 7) is 15.6. The van der Waals surface area contributed by atoms with Crippen molar-refractivity contribution in [3.05, 3.63) is 11.6 Å². The predicted octanol–water partition coefficient (Wildman–Crippen LogP) is 4.03. The van der Waals surface area contributed by atoms with Crippen LogP contribution >= 0.6 is 0 Å². The summed E-state index contributed by atoms with van der Waals surface area (Å²) in [4.78, 5) is 13.0. The molecule has 1 aliphatic heterocycles. The zero-order valence-corrected chi connectivity index (χ0v) is 28.3. The summed E-state index contributed by atoms with van der Waals surface area (Å²) in [6.07, 6.45) is 1.79. The molecular formula is C36H58O9. The number of ether oxygens (including phenoxy) is 2. The number of fused-ring (bicyclic) bond motifs is 7.